The topological polar surface area (TPSA) is 493 Å². The summed E-state index contributed by atoms with van der Waals surface area (Å²) in [7, 11) is -23.0. The molecule has 2 amide bonds. The lowest BCUT2D eigenvalue weighted by atomic mass is 9.94. The Morgan fingerprint density at radius 2 is 0.711 bits per heavy atom. The summed E-state index contributed by atoms with van der Waals surface area (Å²) >= 11 is 0. The van der Waals surface area contributed by atoms with Crippen LogP contribution in [-0.2, 0) is 73.5 Å². The van der Waals surface area contributed by atoms with E-state index in [9.17, 15) is 88.3 Å². The average molecular weight is 1700 g/mol. The van der Waals surface area contributed by atoms with Crippen LogP contribution in [0.25, 0.3) is 0 Å². The number of hydrogen-bond acceptors (Lipinski definition) is 29. The van der Waals surface area contributed by atoms with E-state index in [1.165, 1.54) is 56.2 Å². The lowest BCUT2D eigenvalue weighted by Crippen LogP contribution is -2.69. The maximum Gasteiger partial charge on any atom is 0.276 e. The van der Waals surface area contributed by atoms with Crippen molar-refractivity contribution in [2.24, 2.45) is 0 Å². The van der Waals surface area contributed by atoms with Crippen molar-refractivity contribution in [3.05, 3.63) is 128 Å². The highest BCUT2D eigenvalue weighted by atomic mass is 31.3. The number of phosphoric acid groups is 4. The van der Waals surface area contributed by atoms with Crippen molar-refractivity contribution in [1.82, 2.24) is 10.6 Å². The maximum atomic E-state index is 13.2. The SMILES string of the molecule is CC(=O)N[C@@H]1[C@H](OC2[C@@H](CO)O[C@H](OP(=O)([O-])OP(=O)([O-])OC/C=C(/C)CC/C=C(/C)CC/C=C(/C)CC/C=C(/C)CC/C=C(/C)CC/C=C(/C)CC/C=C(/C)CC/C=C(/C)CC/C=C(\C)CC/C=C(\C)CCC=C(C)C)[C@H](NC(C)=O)[C@H]2O)O[C@H](CO)[C@@H](OP(=O)([O-])OC[C@H](O)COP(=O)([O-])OC[C@@H](O)[C@@H](O)[C@@H](O)CO)[C@@H]1O. The fraction of sp³-hybridized carbons (Fsp3) is 0.696. The van der Waals surface area contributed by atoms with E-state index in [2.05, 4.69) is 159 Å². The van der Waals surface area contributed by atoms with E-state index in [0.29, 0.717) is 18.4 Å². The standard InChI is InChI=1S/C79H136N2O29P4/c1-53(2)25-15-26-54(3)27-16-28-55(4)29-17-30-56(5)31-18-32-57(6)33-19-34-58(7)35-20-36-59(8)37-21-38-60(9)39-22-40-61(10)41-23-42-62(11)43-24-44-63(12)45-46-101-113(97,98)110-114(99,100)109-79-72(81-65(14)86)74(91)76(69(48-83)106-79)107-78-71(80-64(13)85)75(92)77(70(49-84)105-78)108-112(95,96)103-51-66(87)50-102-111(93,94)104-52-68(89)73(90)67(88)47-82/h25,27,29,31,33,35,37,39,41,43,45,66-79,82-84,87-92H,15-24,26,28,30,32,34,36,38,40,42,44,46-52H2,1-14H3,(H,80,85)(H,81,86)(H,93,94)(H,95,96)(H,97,98)(H,99,100)/p-4/b54-27+,55-29+,56-31-,57-33-,58-35-,59-37-,60-39-,61-41-,62-43-,63-45-/t66-,67+,68-,69-,70-,71+,72-,73+,74-,75-,76?,77-,78+,79-/m1/s1. The highest BCUT2D eigenvalue weighted by Crippen LogP contribution is 2.57. The zero-order chi connectivity index (χ0) is 85.9. The van der Waals surface area contributed by atoms with Gasteiger partial charge in [-0.15, -0.1) is 0 Å². The highest BCUT2D eigenvalue weighted by molar-refractivity contribution is 7.59. The van der Waals surface area contributed by atoms with E-state index in [4.69, 9.17) is 32.9 Å². The molecule has 114 heavy (non-hydrogen) atoms. The normalized spacial score (nSPS) is 24.9. The molecule has 0 aromatic carbocycles. The number of amides is 2. The van der Waals surface area contributed by atoms with Gasteiger partial charge in [-0.05, 0) is 212 Å². The molecule has 0 radical (unpaired) electrons. The highest BCUT2D eigenvalue weighted by Gasteiger charge is 2.54. The predicted molar refractivity (Wildman–Crippen MR) is 425 cm³/mol. The fourth-order valence-corrected chi connectivity index (χ4v) is 15.7. The number of nitrogens with one attached hydrogen (secondary N) is 2. The Morgan fingerprint density at radius 1 is 0.395 bits per heavy atom. The minimum absolute atomic E-state index is 0.506. The summed E-state index contributed by atoms with van der Waals surface area (Å²) in [6, 6.07) is -3.98. The molecule has 2 rings (SSSR count). The summed E-state index contributed by atoms with van der Waals surface area (Å²) in [5, 5.41) is 96.1. The van der Waals surface area contributed by atoms with Gasteiger partial charge in [0.1, 0.15) is 73.1 Å². The van der Waals surface area contributed by atoms with Crippen LogP contribution in [-0.4, -0.2) is 190 Å². The van der Waals surface area contributed by atoms with Crippen molar-refractivity contribution in [3.63, 3.8) is 0 Å². The number of hydrogen-bond donors (Lipinski definition) is 11. The van der Waals surface area contributed by atoms with Gasteiger partial charge in [-0.3, -0.25) is 32.4 Å². The predicted octanol–water partition coefficient (Wildman–Crippen LogP) is 9.56. The number of allylic oxidation sites excluding steroid dienone is 21. The number of rotatable bonds is 57. The van der Waals surface area contributed by atoms with Crippen LogP contribution in [0.4, 0.5) is 0 Å². The van der Waals surface area contributed by atoms with E-state index in [-0.39, 0.29) is 0 Å². The third-order valence-electron chi connectivity index (χ3n) is 18.7. The molecule has 2 aliphatic heterocycles. The van der Waals surface area contributed by atoms with E-state index < -0.39 is 175 Å². The summed E-state index contributed by atoms with van der Waals surface area (Å²) in [6.07, 6.45) is 19.8. The van der Waals surface area contributed by atoms with Crippen LogP contribution in [0.1, 0.15) is 225 Å². The van der Waals surface area contributed by atoms with Crippen molar-refractivity contribution in [2.75, 3.05) is 46.2 Å². The quantitative estimate of drug-likeness (QED) is 0.0199. The Labute approximate surface area is 675 Å². The van der Waals surface area contributed by atoms with Crippen LogP contribution in [0.5, 0.6) is 0 Å². The van der Waals surface area contributed by atoms with Crippen LogP contribution in [0.2, 0.25) is 0 Å². The third-order valence-corrected chi connectivity index (χ3v) is 23.1. The summed E-state index contributed by atoms with van der Waals surface area (Å²) in [4.78, 5) is 76.0. The molecule has 2 aliphatic rings. The molecule has 0 bridgehead atoms. The monoisotopic (exact) mass is 1700 g/mol. The third kappa shape index (κ3) is 46.6. The molecule has 2 heterocycles. The van der Waals surface area contributed by atoms with Crippen molar-refractivity contribution in [3.8, 4) is 0 Å². The molecule has 35 heteroatoms. The van der Waals surface area contributed by atoms with E-state index in [0.717, 1.165) is 135 Å². The Morgan fingerprint density at radius 3 is 1.06 bits per heavy atom. The summed E-state index contributed by atoms with van der Waals surface area (Å²) < 4.78 is 100. The molecule has 2 fully saturated rings. The fourth-order valence-electron chi connectivity index (χ4n) is 11.9. The first-order chi connectivity index (χ1) is 53.4. The van der Waals surface area contributed by atoms with Gasteiger partial charge in [0.2, 0.25) is 11.8 Å². The van der Waals surface area contributed by atoms with Gasteiger partial charge in [0, 0.05) is 13.8 Å². The molecule has 18 atom stereocenters. The molecule has 0 saturated carbocycles. The molecule has 5 unspecified atom stereocenters. The van der Waals surface area contributed by atoms with Gasteiger partial charge >= 0.3 is 0 Å². The Kier molecular flexibility index (Phi) is 52.0. The number of carbonyl (C=O) groups excluding carboxylic acids is 2. The molecular formula is C79H132N2O29P4-4. The lowest BCUT2D eigenvalue weighted by molar-refractivity contribution is -0.333. The largest absolute Gasteiger partial charge is 0.756 e. The number of carbonyl (C=O) groups is 2. The van der Waals surface area contributed by atoms with Gasteiger partial charge in [-0.25, -0.2) is 4.31 Å². The van der Waals surface area contributed by atoms with Crippen LogP contribution in [0, 0.1) is 0 Å². The number of ether oxygens (including phenoxy) is 3. The van der Waals surface area contributed by atoms with Crippen molar-refractivity contribution >= 4 is 43.1 Å². The van der Waals surface area contributed by atoms with Gasteiger partial charge in [0.05, 0.1) is 46.2 Å². The number of aliphatic hydroxyl groups excluding tert-OH is 9. The van der Waals surface area contributed by atoms with Gasteiger partial charge in [-0.2, -0.15) is 0 Å². The molecular weight excluding hydrogens is 1560 g/mol. The second-order valence-corrected chi connectivity index (χ2v) is 35.5. The molecule has 31 nitrogen and oxygen atoms in total. The summed E-state index contributed by atoms with van der Waals surface area (Å²) in [5.74, 6) is -1.92. The molecule has 0 aliphatic carbocycles. The van der Waals surface area contributed by atoms with Crippen LogP contribution < -0.4 is 30.2 Å². The molecule has 0 spiro atoms. The van der Waals surface area contributed by atoms with Gasteiger partial charge in [0.15, 0.2) is 12.6 Å². The first-order valence-corrected chi connectivity index (χ1v) is 44.8. The van der Waals surface area contributed by atoms with Crippen molar-refractivity contribution < 1.29 is 139 Å². The summed E-state index contributed by atoms with van der Waals surface area (Å²) in [5.41, 5.74) is 14.7. The van der Waals surface area contributed by atoms with E-state index >= 15 is 0 Å². The second kappa shape index (κ2) is 55.8. The molecule has 0 aromatic heterocycles. The first kappa shape index (κ1) is 106. The lowest BCUT2D eigenvalue weighted by Gasteiger charge is -2.49. The first-order valence-electron chi connectivity index (χ1n) is 38.9. The van der Waals surface area contributed by atoms with E-state index in [1.54, 1.807) is 6.92 Å². The van der Waals surface area contributed by atoms with Crippen LogP contribution in [0.15, 0.2) is 128 Å². The van der Waals surface area contributed by atoms with Gasteiger partial charge in [-0.1, -0.05) is 128 Å². The second-order valence-electron chi connectivity index (χ2n) is 29.8. The minimum atomic E-state index is -6.11. The van der Waals surface area contributed by atoms with Crippen LogP contribution >= 0.6 is 31.3 Å². The molecule has 11 N–H and O–H groups in total. The minimum Gasteiger partial charge on any atom is -0.756 e. The van der Waals surface area contributed by atoms with Gasteiger partial charge in [0.25, 0.3) is 31.3 Å². The van der Waals surface area contributed by atoms with Crippen LogP contribution in [0.3, 0.4) is 0 Å². The Hall–Kier alpha value is -3.92. The number of aliphatic hydroxyl groups is 9. The van der Waals surface area contributed by atoms with Gasteiger partial charge < -0.3 is 113 Å². The zero-order valence-electron chi connectivity index (χ0n) is 69.0. The Balaban J connectivity index is 1.85. The van der Waals surface area contributed by atoms with Crippen molar-refractivity contribution in [1.29, 1.82) is 0 Å². The molecule has 0 aromatic rings. The van der Waals surface area contributed by atoms with Crippen molar-refractivity contribution in [2.45, 2.75) is 311 Å². The number of phosphoric ester groups is 4. The van der Waals surface area contributed by atoms with E-state index in [1.807, 2.05) is 6.92 Å². The molecule has 2 saturated heterocycles. The zero-order valence-corrected chi connectivity index (χ0v) is 72.6. The maximum absolute atomic E-state index is 13.2. The summed E-state index contributed by atoms with van der Waals surface area (Å²) in [6.45, 7) is 20.0. The Bertz CT molecular complexity index is 3470. The molecule has 656 valence electrons. The average Bonchev–Trinajstić information content (AvgIpc) is 0.769. The smallest absolute Gasteiger partial charge is 0.276 e.